The third-order valence-corrected chi connectivity index (χ3v) is 2.33. The molecule has 17 heavy (non-hydrogen) atoms. The first-order valence-corrected chi connectivity index (χ1v) is 5.97. The van der Waals surface area contributed by atoms with Gasteiger partial charge in [0.1, 0.15) is 0 Å². The molecule has 3 N–H and O–H groups in total. The minimum atomic E-state index is -0.911. The first-order valence-electron chi connectivity index (χ1n) is 5.97. The predicted molar refractivity (Wildman–Crippen MR) is 66.9 cm³/mol. The molecule has 0 aliphatic rings. The highest BCUT2D eigenvalue weighted by atomic mass is 16.4. The number of amides is 2. The second-order valence-electron chi connectivity index (χ2n) is 5.54. The number of aliphatic carboxylic acids is 1. The molecule has 100 valence electrons. The summed E-state index contributed by atoms with van der Waals surface area (Å²) in [7, 11) is 0. The topological polar surface area (TPSA) is 78.4 Å². The summed E-state index contributed by atoms with van der Waals surface area (Å²) in [5.74, 6) is -0.911. The summed E-state index contributed by atoms with van der Waals surface area (Å²) in [6, 6.07) is -0.202. The second-order valence-corrected chi connectivity index (χ2v) is 5.54. The van der Waals surface area contributed by atoms with Gasteiger partial charge in [-0.25, -0.2) is 4.79 Å². The van der Waals surface area contributed by atoms with Gasteiger partial charge in [-0.1, -0.05) is 20.8 Å². The smallest absolute Gasteiger partial charge is 0.315 e. The summed E-state index contributed by atoms with van der Waals surface area (Å²) in [6.45, 7) is 8.58. The largest absolute Gasteiger partial charge is 0.481 e. The van der Waals surface area contributed by atoms with Crippen LogP contribution in [0.15, 0.2) is 0 Å². The van der Waals surface area contributed by atoms with E-state index in [-0.39, 0.29) is 30.5 Å². The Kier molecular flexibility index (Phi) is 6.61. The van der Waals surface area contributed by atoms with Crippen molar-refractivity contribution >= 4 is 12.0 Å². The molecule has 0 radical (unpaired) electrons. The number of carbonyl (C=O) groups is 2. The van der Waals surface area contributed by atoms with Crippen molar-refractivity contribution in [2.75, 3.05) is 6.54 Å². The van der Waals surface area contributed by atoms with Crippen LogP contribution in [0.1, 0.15) is 47.0 Å². The molecular weight excluding hydrogens is 220 g/mol. The van der Waals surface area contributed by atoms with Gasteiger partial charge in [0.15, 0.2) is 0 Å². The van der Waals surface area contributed by atoms with Crippen LogP contribution in [0.3, 0.4) is 0 Å². The fourth-order valence-electron chi connectivity index (χ4n) is 1.28. The molecule has 0 heterocycles. The number of carboxylic acids is 1. The molecule has 5 heteroatoms. The summed E-state index contributed by atoms with van der Waals surface area (Å²) >= 11 is 0. The third kappa shape index (κ3) is 11.0. The van der Waals surface area contributed by atoms with Crippen LogP contribution in [0.5, 0.6) is 0 Å². The summed E-state index contributed by atoms with van der Waals surface area (Å²) in [6.07, 6.45) is 1.89. The van der Waals surface area contributed by atoms with E-state index in [2.05, 4.69) is 31.4 Å². The van der Waals surface area contributed by atoms with Crippen LogP contribution in [-0.4, -0.2) is 29.7 Å². The summed E-state index contributed by atoms with van der Waals surface area (Å²) in [5.41, 5.74) is 0.260. The van der Waals surface area contributed by atoms with Gasteiger partial charge in [-0.2, -0.15) is 0 Å². The Hall–Kier alpha value is -1.26. The molecule has 1 atom stereocenters. The SMILES string of the molecule is CC(CCC(C)(C)C)NC(=O)NCCC(=O)O. The van der Waals surface area contributed by atoms with Gasteiger partial charge in [-0.3, -0.25) is 4.79 Å². The van der Waals surface area contributed by atoms with E-state index in [0.717, 1.165) is 12.8 Å². The van der Waals surface area contributed by atoms with Crippen LogP contribution < -0.4 is 10.6 Å². The third-order valence-electron chi connectivity index (χ3n) is 2.33. The Bertz CT molecular complexity index is 259. The van der Waals surface area contributed by atoms with Gasteiger partial charge in [-0.05, 0) is 25.2 Å². The molecule has 0 saturated carbocycles. The van der Waals surface area contributed by atoms with E-state index in [0.29, 0.717) is 0 Å². The average Bonchev–Trinajstić information content (AvgIpc) is 2.13. The summed E-state index contributed by atoms with van der Waals surface area (Å²) in [5, 5.41) is 13.7. The molecule has 0 aromatic carbocycles. The second kappa shape index (κ2) is 7.14. The van der Waals surface area contributed by atoms with Crippen molar-refractivity contribution in [2.45, 2.75) is 53.0 Å². The maximum atomic E-state index is 11.3. The number of rotatable bonds is 6. The maximum absolute atomic E-state index is 11.3. The number of hydrogen-bond donors (Lipinski definition) is 3. The van der Waals surface area contributed by atoms with E-state index < -0.39 is 5.97 Å². The normalized spacial score (nSPS) is 12.9. The molecular formula is C12H24N2O3. The molecule has 0 fully saturated rings. The molecule has 0 bridgehead atoms. The fourth-order valence-corrected chi connectivity index (χ4v) is 1.28. The van der Waals surface area contributed by atoms with Gasteiger partial charge < -0.3 is 15.7 Å². The number of carbonyl (C=O) groups excluding carboxylic acids is 1. The van der Waals surface area contributed by atoms with Crippen LogP contribution in [0, 0.1) is 5.41 Å². The standard InChI is InChI=1S/C12H24N2O3/c1-9(5-7-12(2,3)4)14-11(17)13-8-6-10(15)16/h9H,5-8H2,1-4H3,(H,15,16)(H2,13,14,17). The quantitative estimate of drug-likeness (QED) is 0.668. The predicted octanol–water partition coefficient (Wildman–Crippen LogP) is 1.98. The van der Waals surface area contributed by atoms with Crippen LogP contribution in [0.25, 0.3) is 0 Å². The van der Waals surface area contributed by atoms with Crippen molar-refractivity contribution in [2.24, 2.45) is 5.41 Å². The summed E-state index contributed by atoms with van der Waals surface area (Å²) in [4.78, 5) is 21.6. The van der Waals surface area contributed by atoms with Gasteiger partial charge in [0.25, 0.3) is 0 Å². The highest BCUT2D eigenvalue weighted by Crippen LogP contribution is 2.21. The lowest BCUT2D eigenvalue weighted by atomic mass is 9.89. The van der Waals surface area contributed by atoms with Crippen molar-refractivity contribution in [3.63, 3.8) is 0 Å². The van der Waals surface area contributed by atoms with Gasteiger partial charge in [0.05, 0.1) is 6.42 Å². The van der Waals surface area contributed by atoms with E-state index in [4.69, 9.17) is 5.11 Å². The van der Waals surface area contributed by atoms with Crippen molar-refractivity contribution < 1.29 is 14.7 Å². The van der Waals surface area contributed by atoms with Crippen molar-refractivity contribution in [1.29, 1.82) is 0 Å². The number of urea groups is 1. The Morgan fingerprint density at radius 3 is 2.35 bits per heavy atom. The van der Waals surface area contributed by atoms with Gasteiger partial charge in [0.2, 0.25) is 0 Å². The zero-order chi connectivity index (χ0) is 13.5. The highest BCUT2D eigenvalue weighted by molar-refractivity contribution is 5.75. The molecule has 1 unspecified atom stereocenters. The molecule has 0 aromatic rings. The number of nitrogens with one attached hydrogen (secondary N) is 2. The van der Waals surface area contributed by atoms with Crippen LogP contribution >= 0.6 is 0 Å². The number of carboxylic acid groups (broad SMARTS) is 1. The van der Waals surface area contributed by atoms with Gasteiger partial charge >= 0.3 is 12.0 Å². The lowest BCUT2D eigenvalue weighted by Gasteiger charge is -2.21. The molecule has 0 spiro atoms. The first kappa shape index (κ1) is 15.7. The minimum absolute atomic E-state index is 0.0518. The van der Waals surface area contributed by atoms with E-state index in [9.17, 15) is 9.59 Å². The lowest BCUT2D eigenvalue weighted by Crippen LogP contribution is -2.41. The molecule has 0 aromatic heterocycles. The van der Waals surface area contributed by atoms with E-state index in [1.54, 1.807) is 0 Å². The zero-order valence-corrected chi connectivity index (χ0v) is 11.2. The molecule has 0 aliphatic carbocycles. The lowest BCUT2D eigenvalue weighted by molar-refractivity contribution is -0.136. The van der Waals surface area contributed by atoms with Crippen molar-refractivity contribution in [3.8, 4) is 0 Å². The molecule has 0 rings (SSSR count). The average molecular weight is 244 g/mol. The molecule has 5 nitrogen and oxygen atoms in total. The van der Waals surface area contributed by atoms with E-state index in [1.807, 2.05) is 6.92 Å². The minimum Gasteiger partial charge on any atom is -0.481 e. The van der Waals surface area contributed by atoms with Crippen LogP contribution in [0.4, 0.5) is 4.79 Å². The highest BCUT2D eigenvalue weighted by Gasteiger charge is 2.13. The first-order chi connectivity index (χ1) is 7.70. The zero-order valence-electron chi connectivity index (χ0n) is 11.2. The molecule has 0 saturated heterocycles. The van der Waals surface area contributed by atoms with Gasteiger partial charge in [-0.15, -0.1) is 0 Å². The van der Waals surface area contributed by atoms with Gasteiger partial charge in [0, 0.05) is 12.6 Å². The van der Waals surface area contributed by atoms with Crippen molar-refractivity contribution in [1.82, 2.24) is 10.6 Å². The van der Waals surface area contributed by atoms with Crippen LogP contribution in [0.2, 0.25) is 0 Å². The Balaban J connectivity index is 3.69. The fraction of sp³-hybridized carbons (Fsp3) is 0.833. The molecule has 0 aliphatic heterocycles. The Morgan fingerprint density at radius 1 is 1.29 bits per heavy atom. The summed E-state index contributed by atoms with van der Waals surface area (Å²) < 4.78 is 0. The Morgan fingerprint density at radius 2 is 1.88 bits per heavy atom. The van der Waals surface area contributed by atoms with Crippen molar-refractivity contribution in [3.05, 3.63) is 0 Å². The monoisotopic (exact) mass is 244 g/mol. The van der Waals surface area contributed by atoms with E-state index in [1.165, 1.54) is 0 Å². The maximum Gasteiger partial charge on any atom is 0.315 e. The van der Waals surface area contributed by atoms with E-state index >= 15 is 0 Å². The number of hydrogen-bond acceptors (Lipinski definition) is 2. The Labute approximate surface area is 103 Å². The molecule has 2 amide bonds. The van der Waals surface area contributed by atoms with Crippen LogP contribution in [-0.2, 0) is 4.79 Å².